The summed E-state index contributed by atoms with van der Waals surface area (Å²) in [5.41, 5.74) is 0.936. The molecule has 2 rings (SSSR count). The molecule has 0 spiro atoms. The molecular formula is C16H19BrN2O. The SMILES string of the molecule is Cc1ccc(Br)c(C(=O)NC2(C#N)CCCCCC2)c1. The lowest BCUT2D eigenvalue weighted by molar-refractivity contribution is 0.0912. The maximum atomic E-state index is 12.5. The van der Waals surface area contributed by atoms with Crippen molar-refractivity contribution < 1.29 is 4.79 Å². The smallest absolute Gasteiger partial charge is 0.253 e. The van der Waals surface area contributed by atoms with Crippen molar-refractivity contribution in [3.05, 3.63) is 33.8 Å². The number of aryl methyl sites for hydroxylation is 1. The number of benzene rings is 1. The van der Waals surface area contributed by atoms with Gasteiger partial charge in [0, 0.05) is 4.47 Å². The number of nitrogens with zero attached hydrogens (tertiary/aromatic N) is 1. The van der Waals surface area contributed by atoms with Gasteiger partial charge in [-0.15, -0.1) is 0 Å². The fourth-order valence-corrected chi connectivity index (χ4v) is 3.12. The summed E-state index contributed by atoms with van der Waals surface area (Å²) >= 11 is 3.41. The summed E-state index contributed by atoms with van der Waals surface area (Å²) in [6.45, 7) is 1.95. The normalized spacial score (nSPS) is 17.9. The van der Waals surface area contributed by atoms with Crippen LogP contribution in [0.3, 0.4) is 0 Å². The van der Waals surface area contributed by atoms with Crippen LogP contribution in [0.15, 0.2) is 22.7 Å². The van der Waals surface area contributed by atoms with Crippen LogP contribution in [0.2, 0.25) is 0 Å². The number of amides is 1. The van der Waals surface area contributed by atoms with E-state index < -0.39 is 5.54 Å². The minimum absolute atomic E-state index is 0.163. The third kappa shape index (κ3) is 3.40. The lowest BCUT2D eigenvalue weighted by Gasteiger charge is -2.26. The molecule has 0 radical (unpaired) electrons. The van der Waals surface area contributed by atoms with Crippen LogP contribution in [0, 0.1) is 18.3 Å². The molecule has 4 heteroatoms. The molecule has 0 aromatic heterocycles. The van der Waals surface area contributed by atoms with Crippen LogP contribution >= 0.6 is 15.9 Å². The first kappa shape index (κ1) is 15.1. The van der Waals surface area contributed by atoms with Crippen molar-refractivity contribution >= 4 is 21.8 Å². The number of hydrogen-bond acceptors (Lipinski definition) is 2. The molecule has 3 nitrogen and oxygen atoms in total. The summed E-state index contributed by atoms with van der Waals surface area (Å²) in [7, 11) is 0. The van der Waals surface area contributed by atoms with Gasteiger partial charge in [0.05, 0.1) is 11.6 Å². The Morgan fingerprint density at radius 2 is 1.95 bits per heavy atom. The number of nitrogens with one attached hydrogen (secondary N) is 1. The number of hydrogen-bond donors (Lipinski definition) is 1. The Labute approximate surface area is 128 Å². The van der Waals surface area contributed by atoms with E-state index in [1.807, 2.05) is 25.1 Å². The first-order valence-corrected chi connectivity index (χ1v) is 7.85. The van der Waals surface area contributed by atoms with Crippen LogP contribution in [0.25, 0.3) is 0 Å². The monoisotopic (exact) mass is 334 g/mol. The predicted octanol–water partition coefficient (Wildman–Crippen LogP) is 4.10. The number of halogens is 1. The van der Waals surface area contributed by atoms with Crippen LogP contribution in [0.5, 0.6) is 0 Å². The first-order chi connectivity index (χ1) is 9.56. The van der Waals surface area contributed by atoms with Crippen LogP contribution in [-0.4, -0.2) is 11.4 Å². The highest BCUT2D eigenvalue weighted by atomic mass is 79.9. The quantitative estimate of drug-likeness (QED) is 0.827. The molecule has 0 bridgehead atoms. The topological polar surface area (TPSA) is 52.9 Å². The highest BCUT2D eigenvalue weighted by Gasteiger charge is 2.33. The van der Waals surface area contributed by atoms with Gasteiger partial charge in [-0.3, -0.25) is 4.79 Å². The van der Waals surface area contributed by atoms with Gasteiger partial charge >= 0.3 is 0 Å². The van der Waals surface area contributed by atoms with Crippen molar-refractivity contribution in [2.24, 2.45) is 0 Å². The zero-order valence-corrected chi connectivity index (χ0v) is 13.3. The highest BCUT2D eigenvalue weighted by molar-refractivity contribution is 9.10. The molecule has 1 aliphatic carbocycles. The van der Waals surface area contributed by atoms with E-state index in [9.17, 15) is 10.1 Å². The van der Waals surface area contributed by atoms with Crippen molar-refractivity contribution in [1.82, 2.24) is 5.32 Å². The van der Waals surface area contributed by atoms with E-state index in [1.54, 1.807) is 0 Å². The highest BCUT2D eigenvalue weighted by Crippen LogP contribution is 2.28. The third-order valence-electron chi connectivity index (χ3n) is 3.89. The molecule has 106 valence electrons. The van der Waals surface area contributed by atoms with Gasteiger partial charge in [0.25, 0.3) is 5.91 Å². The van der Waals surface area contributed by atoms with E-state index in [1.165, 1.54) is 0 Å². The first-order valence-electron chi connectivity index (χ1n) is 7.06. The second-order valence-electron chi connectivity index (χ2n) is 5.55. The number of carbonyl (C=O) groups is 1. The lowest BCUT2D eigenvalue weighted by Crippen LogP contribution is -2.47. The molecule has 0 aliphatic heterocycles. The second-order valence-corrected chi connectivity index (χ2v) is 6.40. The van der Waals surface area contributed by atoms with Crippen molar-refractivity contribution in [3.8, 4) is 6.07 Å². The van der Waals surface area contributed by atoms with E-state index in [-0.39, 0.29) is 5.91 Å². The van der Waals surface area contributed by atoms with Crippen molar-refractivity contribution in [2.45, 2.75) is 51.0 Å². The molecule has 0 unspecified atom stereocenters. The maximum Gasteiger partial charge on any atom is 0.253 e. The number of carbonyl (C=O) groups excluding carboxylic acids is 1. The van der Waals surface area contributed by atoms with E-state index in [2.05, 4.69) is 27.3 Å². The number of nitriles is 1. The molecule has 1 amide bonds. The summed E-state index contributed by atoms with van der Waals surface area (Å²) in [5, 5.41) is 12.5. The average molecular weight is 335 g/mol. The van der Waals surface area contributed by atoms with Crippen molar-refractivity contribution in [1.29, 1.82) is 5.26 Å². The van der Waals surface area contributed by atoms with E-state index in [4.69, 9.17) is 0 Å². The van der Waals surface area contributed by atoms with E-state index in [0.717, 1.165) is 48.6 Å². The van der Waals surface area contributed by atoms with Crippen LogP contribution < -0.4 is 5.32 Å². The van der Waals surface area contributed by atoms with E-state index >= 15 is 0 Å². The molecule has 1 saturated carbocycles. The molecule has 0 atom stereocenters. The van der Waals surface area contributed by atoms with Gasteiger partial charge in [-0.1, -0.05) is 37.3 Å². The fraction of sp³-hybridized carbons (Fsp3) is 0.500. The lowest BCUT2D eigenvalue weighted by atomic mass is 9.91. The third-order valence-corrected chi connectivity index (χ3v) is 4.58. The van der Waals surface area contributed by atoms with E-state index in [0.29, 0.717) is 5.56 Å². The molecule has 1 fully saturated rings. The number of rotatable bonds is 2. The standard InChI is InChI=1S/C16H19BrN2O/c1-12-6-7-14(17)13(10-12)15(20)19-16(11-18)8-4-2-3-5-9-16/h6-7,10H,2-5,8-9H2,1H3,(H,19,20). The Bertz CT molecular complexity index is 540. The average Bonchev–Trinajstić information content (AvgIpc) is 2.67. The fourth-order valence-electron chi connectivity index (χ4n) is 2.69. The molecule has 0 heterocycles. The van der Waals surface area contributed by atoms with Crippen LogP contribution in [-0.2, 0) is 0 Å². The summed E-state index contributed by atoms with van der Waals surface area (Å²) in [6.07, 6.45) is 5.80. The Morgan fingerprint density at radius 1 is 1.30 bits per heavy atom. The van der Waals surface area contributed by atoms with Gasteiger partial charge in [0.1, 0.15) is 5.54 Å². The summed E-state index contributed by atoms with van der Waals surface area (Å²) in [4.78, 5) is 12.5. The maximum absolute atomic E-state index is 12.5. The van der Waals surface area contributed by atoms with Crippen molar-refractivity contribution in [2.75, 3.05) is 0 Å². The zero-order valence-electron chi connectivity index (χ0n) is 11.7. The van der Waals surface area contributed by atoms with Crippen molar-refractivity contribution in [3.63, 3.8) is 0 Å². The minimum atomic E-state index is -0.698. The Kier molecular flexibility index (Phi) is 4.82. The van der Waals surface area contributed by atoms with Crippen LogP contribution in [0.1, 0.15) is 54.4 Å². The van der Waals surface area contributed by atoms with Gasteiger partial charge in [0.15, 0.2) is 0 Å². The second kappa shape index (κ2) is 6.41. The molecule has 1 aromatic rings. The zero-order chi connectivity index (χ0) is 14.6. The molecule has 1 N–H and O–H groups in total. The molecule has 0 saturated heterocycles. The molecule has 1 aromatic carbocycles. The van der Waals surface area contributed by atoms with Gasteiger partial charge in [-0.2, -0.15) is 5.26 Å². The largest absolute Gasteiger partial charge is 0.334 e. The summed E-state index contributed by atoms with van der Waals surface area (Å²) in [5.74, 6) is -0.163. The predicted molar refractivity (Wildman–Crippen MR) is 82.4 cm³/mol. The van der Waals surface area contributed by atoms with Gasteiger partial charge < -0.3 is 5.32 Å². The van der Waals surface area contributed by atoms with Gasteiger partial charge in [-0.05, 0) is 47.8 Å². The van der Waals surface area contributed by atoms with Gasteiger partial charge in [0.2, 0.25) is 0 Å². The Balaban J connectivity index is 2.21. The minimum Gasteiger partial charge on any atom is -0.334 e. The Morgan fingerprint density at radius 3 is 2.55 bits per heavy atom. The Hall–Kier alpha value is -1.34. The molecule has 1 aliphatic rings. The van der Waals surface area contributed by atoms with Crippen LogP contribution in [0.4, 0.5) is 0 Å². The molecule has 20 heavy (non-hydrogen) atoms. The van der Waals surface area contributed by atoms with Gasteiger partial charge in [-0.25, -0.2) is 0 Å². The summed E-state index contributed by atoms with van der Waals surface area (Å²) in [6, 6.07) is 8.02. The molecular weight excluding hydrogens is 316 g/mol. The summed E-state index contributed by atoms with van der Waals surface area (Å²) < 4.78 is 0.766.